The normalized spacial score (nSPS) is 16.6. The van der Waals surface area contributed by atoms with Crippen LogP contribution in [0, 0.1) is 6.92 Å². The van der Waals surface area contributed by atoms with Crippen LogP contribution in [0.25, 0.3) is 0 Å². The summed E-state index contributed by atoms with van der Waals surface area (Å²) in [7, 11) is 0. The van der Waals surface area contributed by atoms with Gasteiger partial charge in [0.2, 0.25) is 0 Å². The molecule has 0 spiro atoms. The average molecular weight is 376 g/mol. The summed E-state index contributed by atoms with van der Waals surface area (Å²) in [4.78, 5) is 6.54. The summed E-state index contributed by atoms with van der Waals surface area (Å²) in [5.74, 6) is 0. The molecule has 1 N–H and O–H groups in total. The number of thiocarbonyl (C=S) groups is 1. The fourth-order valence-corrected chi connectivity index (χ4v) is 3.28. The standard InChI is InChI=1S/C19H22ClN3OS/c1-14-7-8-15(20)11-18(14)22-19(25)23(13-17-6-4-10-24-17)12-16-5-2-3-9-21-16/h2-3,5,7-9,11,17H,4,6,10,12-13H2,1H3,(H,22,25). The maximum Gasteiger partial charge on any atom is 0.173 e. The number of hydrogen-bond acceptors (Lipinski definition) is 3. The minimum atomic E-state index is 0.212. The number of ether oxygens (including phenoxy) is 1. The van der Waals surface area contributed by atoms with E-state index in [1.165, 1.54) is 0 Å². The van der Waals surface area contributed by atoms with Gasteiger partial charge >= 0.3 is 0 Å². The second-order valence-corrected chi connectivity index (χ2v) is 7.05. The van der Waals surface area contributed by atoms with Crippen molar-refractivity contribution in [2.75, 3.05) is 18.5 Å². The number of aromatic nitrogens is 1. The highest BCUT2D eigenvalue weighted by molar-refractivity contribution is 7.80. The minimum absolute atomic E-state index is 0.212. The van der Waals surface area contributed by atoms with Gasteiger partial charge in [-0.05, 0) is 61.8 Å². The Balaban J connectivity index is 1.74. The van der Waals surface area contributed by atoms with Crippen LogP contribution >= 0.6 is 23.8 Å². The molecular weight excluding hydrogens is 354 g/mol. The van der Waals surface area contributed by atoms with E-state index in [0.717, 1.165) is 42.9 Å². The van der Waals surface area contributed by atoms with E-state index in [4.69, 9.17) is 28.6 Å². The summed E-state index contributed by atoms with van der Waals surface area (Å²) in [6.45, 7) is 4.26. The Kier molecular flexibility index (Phi) is 6.24. The van der Waals surface area contributed by atoms with Gasteiger partial charge in [-0.25, -0.2) is 0 Å². The van der Waals surface area contributed by atoms with Crippen LogP contribution in [0.3, 0.4) is 0 Å². The van der Waals surface area contributed by atoms with Crippen molar-refractivity contribution in [3.63, 3.8) is 0 Å². The molecule has 0 amide bonds. The first kappa shape index (κ1) is 18.1. The SMILES string of the molecule is Cc1ccc(Cl)cc1NC(=S)N(Cc1ccccn1)CC1CCCO1. The Morgan fingerprint density at radius 3 is 3.00 bits per heavy atom. The third kappa shape index (κ3) is 5.14. The topological polar surface area (TPSA) is 37.4 Å². The predicted octanol–water partition coefficient (Wildman–Crippen LogP) is 4.42. The van der Waals surface area contributed by atoms with Gasteiger partial charge in [0.1, 0.15) is 0 Å². The largest absolute Gasteiger partial charge is 0.376 e. The van der Waals surface area contributed by atoms with Gasteiger partial charge < -0.3 is 15.0 Å². The summed E-state index contributed by atoms with van der Waals surface area (Å²) >= 11 is 11.8. The van der Waals surface area contributed by atoms with E-state index in [1.54, 1.807) is 6.20 Å². The molecule has 1 aromatic heterocycles. The Morgan fingerprint density at radius 1 is 1.40 bits per heavy atom. The van der Waals surface area contributed by atoms with E-state index in [9.17, 15) is 0 Å². The van der Waals surface area contributed by atoms with Gasteiger partial charge in [0.05, 0.1) is 18.3 Å². The quantitative estimate of drug-likeness (QED) is 0.783. The maximum absolute atomic E-state index is 6.12. The van der Waals surface area contributed by atoms with Crippen molar-refractivity contribution >= 4 is 34.6 Å². The van der Waals surface area contributed by atoms with Crippen LogP contribution in [0.5, 0.6) is 0 Å². The number of halogens is 1. The molecule has 0 aliphatic carbocycles. The molecule has 0 bridgehead atoms. The van der Waals surface area contributed by atoms with Crippen molar-refractivity contribution in [1.82, 2.24) is 9.88 Å². The van der Waals surface area contributed by atoms with E-state index in [1.807, 2.05) is 43.3 Å². The summed E-state index contributed by atoms with van der Waals surface area (Å²) in [6, 6.07) is 11.7. The molecule has 1 atom stereocenters. The number of hydrogen-bond donors (Lipinski definition) is 1. The lowest BCUT2D eigenvalue weighted by atomic mass is 10.2. The van der Waals surface area contributed by atoms with Crippen LogP contribution in [0.15, 0.2) is 42.6 Å². The van der Waals surface area contributed by atoms with Gasteiger partial charge in [0.15, 0.2) is 5.11 Å². The summed E-state index contributed by atoms with van der Waals surface area (Å²) in [5, 5.41) is 4.68. The molecule has 1 aliphatic rings. The van der Waals surface area contributed by atoms with E-state index >= 15 is 0 Å². The van der Waals surface area contributed by atoms with Crippen LogP contribution in [0.2, 0.25) is 5.02 Å². The number of nitrogens with one attached hydrogen (secondary N) is 1. The fourth-order valence-electron chi connectivity index (χ4n) is 2.86. The Labute approximate surface area is 159 Å². The first-order valence-electron chi connectivity index (χ1n) is 8.45. The van der Waals surface area contributed by atoms with Crippen molar-refractivity contribution in [3.05, 3.63) is 58.9 Å². The van der Waals surface area contributed by atoms with Crippen LogP contribution in [-0.2, 0) is 11.3 Å². The average Bonchev–Trinajstić information content (AvgIpc) is 3.11. The van der Waals surface area contributed by atoms with Crippen molar-refractivity contribution in [1.29, 1.82) is 0 Å². The van der Waals surface area contributed by atoms with Crippen molar-refractivity contribution < 1.29 is 4.74 Å². The third-order valence-electron chi connectivity index (χ3n) is 4.26. The lowest BCUT2D eigenvalue weighted by Crippen LogP contribution is -2.39. The molecule has 3 rings (SSSR count). The fraction of sp³-hybridized carbons (Fsp3) is 0.368. The van der Waals surface area contributed by atoms with E-state index in [0.29, 0.717) is 16.7 Å². The molecule has 2 aromatic rings. The number of anilines is 1. The van der Waals surface area contributed by atoms with Gasteiger partial charge in [-0.2, -0.15) is 0 Å². The first-order valence-corrected chi connectivity index (χ1v) is 9.24. The molecule has 6 heteroatoms. The maximum atomic E-state index is 6.12. The number of aryl methyl sites for hydroxylation is 1. The van der Waals surface area contributed by atoms with Crippen molar-refractivity contribution in [3.8, 4) is 0 Å². The summed E-state index contributed by atoms with van der Waals surface area (Å²) in [6.07, 6.45) is 4.19. The molecule has 1 aliphatic heterocycles. The molecule has 0 saturated carbocycles. The molecule has 25 heavy (non-hydrogen) atoms. The molecule has 1 unspecified atom stereocenters. The van der Waals surface area contributed by atoms with Gasteiger partial charge in [-0.15, -0.1) is 0 Å². The lowest BCUT2D eigenvalue weighted by Gasteiger charge is -2.28. The number of pyridine rings is 1. The zero-order valence-corrected chi connectivity index (χ0v) is 15.8. The second kappa shape index (κ2) is 8.61. The molecule has 1 aromatic carbocycles. The van der Waals surface area contributed by atoms with E-state index < -0.39 is 0 Å². The molecule has 4 nitrogen and oxygen atoms in total. The van der Waals surface area contributed by atoms with E-state index in [-0.39, 0.29) is 6.10 Å². The van der Waals surface area contributed by atoms with Crippen LogP contribution < -0.4 is 5.32 Å². The lowest BCUT2D eigenvalue weighted by molar-refractivity contribution is 0.0903. The van der Waals surface area contributed by atoms with Gasteiger partial charge in [-0.1, -0.05) is 23.7 Å². The molecule has 1 fully saturated rings. The molecule has 132 valence electrons. The molecular formula is C19H22ClN3OS. The van der Waals surface area contributed by atoms with Crippen LogP contribution in [0.1, 0.15) is 24.1 Å². The third-order valence-corrected chi connectivity index (χ3v) is 4.85. The minimum Gasteiger partial charge on any atom is -0.376 e. The number of nitrogens with zero attached hydrogens (tertiary/aromatic N) is 2. The Hall–Kier alpha value is -1.69. The number of benzene rings is 1. The molecule has 0 radical (unpaired) electrons. The van der Waals surface area contributed by atoms with Crippen LogP contribution in [-0.4, -0.2) is 34.3 Å². The first-order chi connectivity index (χ1) is 12.1. The van der Waals surface area contributed by atoms with Gasteiger partial charge in [-0.3, -0.25) is 4.98 Å². The highest BCUT2D eigenvalue weighted by Crippen LogP contribution is 2.22. The second-order valence-electron chi connectivity index (χ2n) is 6.23. The Morgan fingerprint density at radius 2 is 2.28 bits per heavy atom. The zero-order chi connectivity index (χ0) is 17.6. The summed E-state index contributed by atoms with van der Waals surface area (Å²) in [5.41, 5.74) is 3.00. The van der Waals surface area contributed by atoms with Gasteiger partial charge in [0.25, 0.3) is 0 Å². The monoisotopic (exact) mass is 375 g/mol. The molecule has 1 saturated heterocycles. The number of rotatable bonds is 5. The van der Waals surface area contributed by atoms with E-state index in [2.05, 4.69) is 15.2 Å². The molecule has 2 heterocycles. The Bertz CT molecular complexity index is 720. The highest BCUT2D eigenvalue weighted by Gasteiger charge is 2.21. The van der Waals surface area contributed by atoms with Gasteiger partial charge in [0, 0.05) is 30.1 Å². The predicted molar refractivity (Wildman–Crippen MR) is 106 cm³/mol. The smallest absolute Gasteiger partial charge is 0.173 e. The van der Waals surface area contributed by atoms with Crippen molar-refractivity contribution in [2.24, 2.45) is 0 Å². The highest BCUT2D eigenvalue weighted by atomic mass is 35.5. The van der Waals surface area contributed by atoms with Crippen LogP contribution in [0.4, 0.5) is 5.69 Å². The summed E-state index contributed by atoms with van der Waals surface area (Å²) < 4.78 is 5.79. The zero-order valence-electron chi connectivity index (χ0n) is 14.2. The van der Waals surface area contributed by atoms with Crippen molar-refractivity contribution in [2.45, 2.75) is 32.4 Å².